The molecule has 2 N–H and O–H groups in total. The van der Waals surface area contributed by atoms with E-state index in [1.54, 1.807) is 36.4 Å². The Labute approximate surface area is 254 Å². The third kappa shape index (κ3) is 4.61. The number of nitrogens with zero attached hydrogens (tertiary/aromatic N) is 1. The Kier molecular flexibility index (Phi) is 7.59. The molecule has 11 nitrogen and oxygen atoms in total. The van der Waals surface area contributed by atoms with Crippen LogP contribution in [-0.4, -0.2) is 76.2 Å². The number of aliphatic hydroxyl groups excluding tert-OH is 1. The van der Waals surface area contributed by atoms with E-state index in [9.17, 15) is 29.4 Å². The number of esters is 3. The molecule has 0 amide bonds. The van der Waals surface area contributed by atoms with Crippen molar-refractivity contribution >= 4 is 23.7 Å². The van der Waals surface area contributed by atoms with Gasteiger partial charge in [-0.15, -0.1) is 0 Å². The summed E-state index contributed by atoms with van der Waals surface area (Å²) in [5.41, 5.74) is 0.606. The van der Waals surface area contributed by atoms with Gasteiger partial charge in [0, 0.05) is 36.1 Å². The van der Waals surface area contributed by atoms with Crippen LogP contribution in [0.5, 0.6) is 5.75 Å². The Morgan fingerprint density at radius 2 is 1.82 bits per heavy atom. The van der Waals surface area contributed by atoms with Gasteiger partial charge < -0.3 is 34.1 Å². The highest BCUT2D eigenvalue weighted by Crippen LogP contribution is 2.64. The van der Waals surface area contributed by atoms with E-state index in [-0.39, 0.29) is 24.8 Å². The van der Waals surface area contributed by atoms with Crippen molar-refractivity contribution in [1.82, 2.24) is 4.90 Å². The number of aliphatic hydroxyl groups is 2. The summed E-state index contributed by atoms with van der Waals surface area (Å²) >= 11 is 0. The van der Waals surface area contributed by atoms with Crippen LogP contribution in [0.2, 0.25) is 0 Å². The van der Waals surface area contributed by atoms with Crippen LogP contribution in [0.1, 0.15) is 61.5 Å². The fourth-order valence-corrected chi connectivity index (χ4v) is 7.51. The van der Waals surface area contributed by atoms with E-state index in [0.717, 1.165) is 18.1 Å². The Bertz CT molecular complexity index is 1540. The molecule has 2 aromatic carbocycles. The van der Waals surface area contributed by atoms with Crippen molar-refractivity contribution in [2.75, 3.05) is 13.6 Å². The van der Waals surface area contributed by atoms with Crippen molar-refractivity contribution in [3.63, 3.8) is 0 Å². The Hall–Kier alpha value is -4.06. The van der Waals surface area contributed by atoms with Gasteiger partial charge in [-0.2, -0.15) is 0 Å². The maximum Gasteiger partial charge on any atom is 0.357 e. The number of piperidine rings is 1. The van der Waals surface area contributed by atoms with Gasteiger partial charge in [-0.1, -0.05) is 42.5 Å². The predicted octanol–water partition coefficient (Wildman–Crippen LogP) is 2.20. The summed E-state index contributed by atoms with van der Waals surface area (Å²) in [7, 11) is 1.99. The summed E-state index contributed by atoms with van der Waals surface area (Å²) in [4.78, 5) is 52.6. The largest absolute Gasteiger partial charge is 0.481 e. The topological polar surface area (TPSA) is 149 Å². The molecule has 2 heterocycles. The van der Waals surface area contributed by atoms with E-state index in [2.05, 4.69) is 4.90 Å². The third-order valence-corrected chi connectivity index (χ3v) is 9.44. The van der Waals surface area contributed by atoms with Gasteiger partial charge in [-0.3, -0.25) is 9.59 Å². The molecule has 1 saturated heterocycles. The van der Waals surface area contributed by atoms with Crippen LogP contribution in [0, 0.1) is 0 Å². The molecule has 44 heavy (non-hydrogen) atoms. The lowest BCUT2D eigenvalue weighted by atomic mass is 9.50. The number of Topliss-reactive ketones (excluding diaryl/α,β-unsaturated/α-hetero) is 1. The summed E-state index contributed by atoms with van der Waals surface area (Å²) < 4.78 is 23.1. The van der Waals surface area contributed by atoms with E-state index in [0.29, 0.717) is 36.3 Å². The van der Waals surface area contributed by atoms with Crippen molar-refractivity contribution in [2.24, 2.45) is 0 Å². The second-order valence-electron chi connectivity index (χ2n) is 12.1. The molecule has 2 aliphatic heterocycles. The molecule has 2 bridgehead atoms. The highest BCUT2D eigenvalue weighted by atomic mass is 16.6. The van der Waals surface area contributed by atoms with E-state index in [1.807, 2.05) is 19.2 Å². The van der Waals surface area contributed by atoms with Crippen molar-refractivity contribution < 1.29 is 48.3 Å². The predicted molar refractivity (Wildman–Crippen MR) is 153 cm³/mol. The van der Waals surface area contributed by atoms with Crippen LogP contribution in [0.3, 0.4) is 0 Å². The zero-order valence-corrected chi connectivity index (χ0v) is 24.8. The first-order valence-electron chi connectivity index (χ1n) is 14.7. The minimum atomic E-state index is -1.56. The quantitative estimate of drug-likeness (QED) is 0.320. The molecule has 1 fully saturated rings. The number of ether oxygens (including phenoxy) is 4. The fourth-order valence-electron chi connectivity index (χ4n) is 7.51. The van der Waals surface area contributed by atoms with E-state index < -0.39 is 59.4 Å². The summed E-state index contributed by atoms with van der Waals surface area (Å²) in [5.74, 6) is -2.51. The van der Waals surface area contributed by atoms with Crippen molar-refractivity contribution in [3.8, 4) is 5.75 Å². The Morgan fingerprint density at radius 3 is 2.50 bits per heavy atom. The highest BCUT2D eigenvalue weighted by Gasteiger charge is 2.72. The Balaban J connectivity index is 1.35. The van der Waals surface area contributed by atoms with Crippen LogP contribution >= 0.6 is 0 Å². The number of ketones is 1. The molecule has 0 aromatic heterocycles. The van der Waals surface area contributed by atoms with Crippen molar-refractivity contribution in [2.45, 2.75) is 81.5 Å². The fraction of sp³-hybridized carbons (Fsp3) is 0.455. The number of hydrogen-bond acceptors (Lipinski definition) is 11. The molecule has 1 spiro atoms. The zero-order valence-electron chi connectivity index (χ0n) is 24.8. The smallest absolute Gasteiger partial charge is 0.357 e. The first-order valence-corrected chi connectivity index (χ1v) is 14.7. The minimum absolute atomic E-state index is 0.174. The van der Waals surface area contributed by atoms with Gasteiger partial charge in [-0.05, 0) is 45.0 Å². The SMILES string of the molecule is CC(=O)C[C@H](OC(C)=O)C(=O)O[C@H](C(=O)OC1=CC[C@@]2(O)[C@H]3Cc4ccc(CO)c5c4[C@@]2(CCN3C)[C@H]1O5)c1ccccc1. The van der Waals surface area contributed by atoms with Gasteiger partial charge in [0.1, 0.15) is 17.3 Å². The lowest BCUT2D eigenvalue weighted by molar-refractivity contribution is -0.182. The number of carbonyl (C=O) groups excluding carboxylic acids is 4. The number of likely N-dealkylation sites (tertiary alicyclic amines) is 1. The number of rotatable bonds is 9. The minimum Gasteiger partial charge on any atom is -0.481 e. The molecule has 232 valence electrons. The second-order valence-corrected chi connectivity index (χ2v) is 12.1. The number of hydrogen-bond donors (Lipinski definition) is 2. The van der Waals surface area contributed by atoms with Gasteiger partial charge in [0.2, 0.25) is 12.2 Å². The van der Waals surface area contributed by atoms with E-state index >= 15 is 0 Å². The van der Waals surface area contributed by atoms with E-state index in [4.69, 9.17) is 18.9 Å². The number of carbonyl (C=O) groups is 4. The summed E-state index contributed by atoms with van der Waals surface area (Å²) in [6.07, 6.45) is -1.40. The van der Waals surface area contributed by atoms with Crippen molar-refractivity contribution in [1.29, 1.82) is 0 Å². The van der Waals surface area contributed by atoms with Crippen LogP contribution in [0.25, 0.3) is 0 Å². The number of likely N-dealkylation sites (N-methyl/N-ethyl adjacent to an activating group) is 1. The van der Waals surface area contributed by atoms with Gasteiger partial charge in [0.15, 0.2) is 6.10 Å². The molecule has 0 radical (unpaired) electrons. The molecule has 0 saturated carbocycles. The monoisotopic (exact) mass is 605 g/mol. The lowest BCUT2D eigenvalue weighted by Crippen LogP contribution is -2.74. The maximum absolute atomic E-state index is 13.9. The van der Waals surface area contributed by atoms with Gasteiger partial charge >= 0.3 is 17.9 Å². The van der Waals surface area contributed by atoms with Crippen molar-refractivity contribution in [3.05, 3.63) is 76.6 Å². The maximum atomic E-state index is 13.9. The molecular weight excluding hydrogens is 570 g/mol. The third-order valence-electron chi connectivity index (χ3n) is 9.44. The van der Waals surface area contributed by atoms with Gasteiger partial charge in [0.05, 0.1) is 24.0 Å². The van der Waals surface area contributed by atoms with E-state index in [1.165, 1.54) is 6.92 Å². The highest BCUT2D eigenvalue weighted by molar-refractivity contribution is 5.88. The molecular formula is C33H35NO10. The summed E-state index contributed by atoms with van der Waals surface area (Å²) in [5, 5.41) is 22.5. The first-order chi connectivity index (χ1) is 21.0. The second kappa shape index (κ2) is 11.1. The average Bonchev–Trinajstić information content (AvgIpc) is 3.34. The molecule has 6 atom stereocenters. The normalized spacial score (nSPS) is 27.6. The molecule has 2 aromatic rings. The van der Waals surface area contributed by atoms with Crippen LogP contribution in [0.15, 0.2) is 54.3 Å². The van der Waals surface area contributed by atoms with Gasteiger partial charge in [0.25, 0.3) is 0 Å². The molecule has 6 rings (SSSR count). The summed E-state index contributed by atoms with van der Waals surface area (Å²) in [6, 6.07) is 11.8. The molecule has 4 aliphatic rings. The van der Waals surface area contributed by atoms with Crippen LogP contribution < -0.4 is 4.74 Å². The molecule has 11 heteroatoms. The van der Waals surface area contributed by atoms with Crippen LogP contribution in [0.4, 0.5) is 0 Å². The molecule has 2 aliphatic carbocycles. The zero-order chi connectivity index (χ0) is 31.4. The van der Waals surface area contributed by atoms with Gasteiger partial charge in [-0.25, -0.2) is 9.59 Å². The average molecular weight is 606 g/mol. The first kappa shape index (κ1) is 30.0. The lowest BCUT2D eigenvalue weighted by Gasteiger charge is -2.61. The van der Waals surface area contributed by atoms with Crippen LogP contribution in [-0.2, 0) is 51.8 Å². The summed E-state index contributed by atoms with van der Waals surface area (Å²) in [6.45, 7) is 2.76. The molecule has 0 unspecified atom stereocenters. The standard InChI is InChI=1S/C33H35NO10/c1-18(36)15-24(41-19(2)37)30(38)44-28(20-7-5-4-6-8-20)31(39)42-23-11-12-33(40)25-16-21-9-10-22(17-35)27-26(21)32(33,29(23)43-27)13-14-34(25)3/h4-11,24-25,28-29,35,40H,12-17H2,1-3H3/t24-,25+,28-,29-,32-,33+/m0/s1. The number of benzene rings is 2. The Morgan fingerprint density at radius 1 is 1.07 bits per heavy atom.